The third-order valence-electron chi connectivity index (χ3n) is 3.18. The van der Waals surface area contributed by atoms with Crippen LogP contribution in [0.25, 0.3) is 0 Å². The first-order valence-electron chi connectivity index (χ1n) is 6.37. The molecule has 0 aromatic heterocycles. The van der Waals surface area contributed by atoms with Gasteiger partial charge in [0.25, 0.3) is 0 Å². The van der Waals surface area contributed by atoms with Crippen LogP contribution in [0.2, 0.25) is 5.02 Å². The van der Waals surface area contributed by atoms with Crippen LogP contribution in [0.5, 0.6) is 0 Å². The monoisotopic (exact) mass is 267 g/mol. The summed E-state index contributed by atoms with van der Waals surface area (Å²) >= 11 is 5.85. The summed E-state index contributed by atoms with van der Waals surface area (Å²) in [7, 11) is 0. The number of carbonyl (C=O) groups excluding carboxylic acids is 1. The molecule has 0 atom stereocenters. The van der Waals surface area contributed by atoms with Crippen molar-refractivity contribution in [1.29, 1.82) is 0 Å². The van der Waals surface area contributed by atoms with Gasteiger partial charge in [0.2, 0.25) is 0 Å². The Labute approximate surface area is 112 Å². The molecule has 1 saturated carbocycles. The molecule has 0 amide bonds. The van der Waals surface area contributed by atoms with Crippen LogP contribution in [0.4, 0.5) is 0 Å². The minimum atomic E-state index is -0.207. The molecule has 0 spiro atoms. The fraction of sp³-hybridized carbons (Fsp3) is 0.500. The van der Waals surface area contributed by atoms with Gasteiger partial charge < -0.3 is 10.1 Å². The van der Waals surface area contributed by atoms with E-state index in [4.69, 9.17) is 16.3 Å². The Hall–Kier alpha value is -1.06. The van der Waals surface area contributed by atoms with E-state index in [-0.39, 0.29) is 12.6 Å². The summed E-state index contributed by atoms with van der Waals surface area (Å²) in [6.45, 7) is 0.580. The van der Waals surface area contributed by atoms with Gasteiger partial charge in [-0.05, 0) is 30.5 Å². The molecular formula is C14H18ClNO2. The topological polar surface area (TPSA) is 38.3 Å². The lowest BCUT2D eigenvalue weighted by Crippen LogP contribution is -2.32. The number of rotatable bonds is 5. The zero-order valence-corrected chi connectivity index (χ0v) is 11.1. The van der Waals surface area contributed by atoms with E-state index >= 15 is 0 Å². The van der Waals surface area contributed by atoms with Gasteiger partial charge in [-0.1, -0.05) is 36.6 Å². The molecule has 18 heavy (non-hydrogen) atoms. The minimum Gasteiger partial charge on any atom is -0.460 e. The Morgan fingerprint density at radius 1 is 1.39 bits per heavy atom. The average Bonchev–Trinajstić information content (AvgIpc) is 2.87. The van der Waals surface area contributed by atoms with Crippen molar-refractivity contribution in [3.8, 4) is 0 Å². The molecule has 1 fully saturated rings. The number of ether oxygens (including phenoxy) is 1. The van der Waals surface area contributed by atoms with Crippen LogP contribution in [0.1, 0.15) is 31.2 Å². The Balaban J connectivity index is 1.68. The number of hydrogen-bond donors (Lipinski definition) is 1. The minimum absolute atomic E-state index is 0.207. The first-order chi connectivity index (χ1) is 8.74. The van der Waals surface area contributed by atoms with Crippen LogP contribution in [0.15, 0.2) is 24.3 Å². The van der Waals surface area contributed by atoms with E-state index in [2.05, 4.69) is 5.32 Å². The number of halogens is 1. The van der Waals surface area contributed by atoms with E-state index in [1.54, 1.807) is 12.1 Å². The van der Waals surface area contributed by atoms with Crippen molar-refractivity contribution in [2.75, 3.05) is 6.54 Å². The maximum absolute atomic E-state index is 11.5. The van der Waals surface area contributed by atoms with Crippen LogP contribution in [0, 0.1) is 0 Å². The van der Waals surface area contributed by atoms with Crippen LogP contribution < -0.4 is 5.32 Å². The average molecular weight is 268 g/mol. The van der Waals surface area contributed by atoms with E-state index in [0.29, 0.717) is 17.6 Å². The second kappa shape index (κ2) is 6.76. The molecule has 0 aliphatic heterocycles. The van der Waals surface area contributed by atoms with Crippen molar-refractivity contribution in [1.82, 2.24) is 5.32 Å². The summed E-state index contributed by atoms with van der Waals surface area (Å²) in [5, 5.41) is 3.89. The van der Waals surface area contributed by atoms with Crippen LogP contribution >= 0.6 is 11.6 Å². The second-order valence-electron chi connectivity index (χ2n) is 4.65. The van der Waals surface area contributed by atoms with Gasteiger partial charge in [0.15, 0.2) is 0 Å². The zero-order valence-electron chi connectivity index (χ0n) is 10.3. The van der Waals surface area contributed by atoms with Crippen molar-refractivity contribution in [3.05, 3.63) is 34.9 Å². The number of esters is 1. The highest BCUT2D eigenvalue weighted by molar-refractivity contribution is 6.30. The van der Waals surface area contributed by atoms with Gasteiger partial charge in [-0.25, -0.2) is 0 Å². The molecule has 3 nitrogen and oxygen atoms in total. The molecular weight excluding hydrogens is 250 g/mol. The maximum atomic E-state index is 11.5. The van der Waals surface area contributed by atoms with E-state index < -0.39 is 0 Å². The summed E-state index contributed by atoms with van der Waals surface area (Å²) in [4.78, 5) is 11.5. The first-order valence-corrected chi connectivity index (χ1v) is 6.75. The quantitative estimate of drug-likeness (QED) is 0.834. The van der Waals surface area contributed by atoms with Crippen molar-refractivity contribution in [2.45, 2.75) is 38.3 Å². The van der Waals surface area contributed by atoms with Crippen molar-refractivity contribution >= 4 is 17.6 Å². The number of hydrogen-bond acceptors (Lipinski definition) is 3. The summed E-state index contributed by atoms with van der Waals surface area (Å²) in [6.07, 6.45) is 4.85. The lowest BCUT2D eigenvalue weighted by Gasteiger charge is -2.11. The smallest absolute Gasteiger partial charge is 0.320 e. The van der Waals surface area contributed by atoms with Gasteiger partial charge in [0.1, 0.15) is 6.61 Å². The predicted molar refractivity (Wildman–Crippen MR) is 71.5 cm³/mol. The third kappa shape index (κ3) is 4.31. The van der Waals surface area contributed by atoms with Crippen molar-refractivity contribution < 1.29 is 9.53 Å². The Morgan fingerprint density at radius 2 is 2.17 bits per heavy atom. The molecule has 0 radical (unpaired) electrons. The third-order valence-corrected chi connectivity index (χ3v) is 3.41. The Morgan fingerprint density at radius 3 is 2.89 bits per heavy atom. The molecule has 0 heterocycles. The number of benzene rings is 1. The predicted octanol–water partition coefficient (Wildman–Crippen LogP) is 2.92. The highest BCUT2D eigenvalue weighted by Crippen LogP contribution is 2.17. The van der Waals surface area contributed by atoms with Gasteiger partial charge in [-0.15, -0.1) is 0 Å². The Bertz CT molecular complexity index is 403. The molecule has 1 aliphatic carbocycles. The SMILES string of the molecule is O=C(CNC1CCCC1)OCc1cccc(Cl)c1. The molecule has 4 heteroatoms. The lowest BCUT2D eigenvalue weighted by atomic mass is 10.2. The Kier molecular flexibility index (Phi) is 5.02. The number of nitrogens with one attached hydrogen (secondary N) is 1. The maximum Gasteiger partial charge on any atom is 0.320 e. The van der Waals surface area contributed by atoms with E-state index in [1.165, 1.54) is 25.7 Å². The zero-order chi connectivity index (χ0) is 12.8. The first kappa shape index (κ1) is 13.4. The van der Waals surface area contributed by atoms with Gasteiger partial charge in [-0.2, -0.15) is 0 Å². The summed E-state index contributed by atoms with van der Waals surface area (Å²) < 4.78 is 5.18. The van der Waals surface area contributed by atoms with E-state index in [9.17, 15) is 4.79 Å². The molecule has 0 saturated heterocycles. The van der Waals surface area contributed by atoms with Gasteiger partial charge in [0.05, 0.1) is 6.54 Å². The molecule has 0 unspecified atom stereocenters. The van der Waals surface area contributed by atoms with Crippen molar-refractivity contribution in [2.24, 2.45) is 0 Å². The molecule has 1 aliphatic rings. The molecule has 1 N–H and O–H groups in total. The van der Waals surface area contributed by atoms with Gasteiger partial charge >= 0.3 is 5.97 Å². The molecule has 98 valence electrons. The normalized spacial score (nSPS) is 15.8. The van der Waals surface area contributed by atoms with Crippen molar-refractivity contribution in [3.63, 3.8) is 0 Å². The fourth-order valence-corrected chi connectivity index (χ4v) is 2.41. The standard InChI is InChI=1S/C14H18ClNO2/c15-12-5-3-4-11(8-12)10-18-14(17)9-16-13-6-1-2-7-13/h3-5,8,13,16H,1-2,6-7,9-10H2. The molecule has 1 aromatic rings. The van der Waals surface area contributed by atoms with Crippen LogP contribution in [-0.2, 0) is 16.1 Å². The summed E-state index contributed by atoms with van der Waals surface area (Å²) in [6, 6.07) is 7.84. The lowest BCUT2D eigenvalue weighted by molar-refractivity contribution is -0.144. The highest BCUT2D eigenvalue weighted by atomic mass is 35.5. The number of carbonyl (C=O) groups is 1. The van der Waals surface area contributed by atoms with Crippen LogP contribution in [0.3, 0.4) is 0 Å². The molecule has 1 aromatic carbocycles. The molecule has 2 rings (SSSR count). The van der Waals surface area contributed by atoms with Gasteiger partial charge in [0, 0.05) is 11.1 Å². The second-order valence-corrected chi connectivity index (χ2v) is 5.09. The highest BCUT2D eigenvalue weighted by Gasteiger charge is 2.15. The van der Waals surface area contributed by atoms with Crippen LogP contribution in [-0.4, -0.2) is 18.6 Å². The van der Waals surface area contributed by atoms with Gasteiger partial charge in [-0.3, -0.25) is 4.79 Å². The van der Waals surface area contributed by atoms with E-state index in [0.717, 1.165) is 5.56 Å². The summed E-state index contributed by atoms with van der Waals surface area (Å²) in [5.41, 5.74) is 0.914. The largest absolute Gasteiger partial charge is 0.460 e. The fourth-order valence-electron chi connectivity index (χ4n) is 2.20. The summed E-state index contributed by atoms with van der Waals surface area (Å²) in [5.74, 6) is -0.207. The van der Waals surface area contributed by atoms with E-state index in [1.807, 2.05) is 12.1 Å². The molecule has 0 bridgehead atoms.